The highest BCUT2D eigenvalue weighted by atomic mass is 32.3. The SMILES string of the molecule is CCCC[n+]1ccn(C)c1.CCCC[n+]1ccn(C)c1.O=S(=O)([O-])[O-]. The van der Waals surface area contributed by atoms with Crippen LogP contribution in [0.4, 0.5) is 0 Å². The minimum absolute atomic E-state index is 1.15. The van der Waals surface area contributed by atoms with Gasteiger partial charge in [-0.15, -0.1) is 0 Å². The Labute approximate surface area is 150 Å². The van der Waals surface area contributed by atoms with Crippen LogP contribution in [0.25, 0.3) is 0 Å². The fourth-order valence-electron chi connectivity index (χ4n) is 1.95. The Morgan fingerprint density at radius 1 is 0.840 bits per heavy atom. The van der Waals surface area contributed by atoms with Gasteiger partial charge in [-0.25, -0.2) is 18.3 Å². The van der Waals surface area contributed by atoms with Crippen LogP contribution in [0.2, 0.25) is 0 Å². The topological polar surface area (TPSA) is 97.9 Å². The van der Waals surface area contributed by atoms with Crippen LogP contribution in [0.15, 0.2) is 37.4 Å². The van der Waals surface area contributed by atoms with Crippen molar-refractivity contribution in [2.45, 2.75) is 52.6 Å². The molecule has 25 heavy (non-hydrogen) atoms. The number of aromatic nitrogens is 4. The van der Waals surface area contributed by atoms with Gasteiger partial charge in [0.25, 0.3) is 0 Å². The summed E-state index contributed by atoms with van der Waals surface area (Å²) in [5, 5.41) is 0. The van der Waals surface area contributed by atoms with E-state index in [1.54, 1.807) is 0 Å². The van der Waals surface area contributed by atoms with Crippen molar-refractivity contribution in [1.29, 1.82) is 0 Å². The van der Waals surface area contributed by atoms with Crippen LogP contribution in [0.3, 0.4) is 0 Å². The van der Waals surface area contributed by atoms with Crippen molar-refractivity contribution in [3.8, 4) is 0 Å². The smallest absolute Gasteiger partial charge is 0.243 e. The zero-order valence-corrected chi connectivity index (χ0v) is 16.4. The highest BCUT2D eigenvalue weighted by Gasteiger charge is 1.97. The van der Waals surface area contributed by atoms with Crippen LogP contribution in [0.1, 0.15) is 39.5 Å². The second kappa shape index (κ2) is 12.6. The standard InChI is InChI=1S/2C8H15N2.H2O4S/c2*1-3-4-5-10-7-6-9(2)8-10;1-5(2,3)4/h2*6-8H,3-5H2,1-2H3;(H2,1,2,3,4)/q2*+1;/p-2. The van der Waals surface area contributed by atoms with Crippen LogP contribution in [-0.2, 0) is 37.6 Å². The predicted octanol–water partition coefficient (Wildman–Crippen LogP) is 0.887. The number of hydrogen-bond donors (Lipinski definition) is 0. The van der Waals surface area contributed by atoms with E-state index in [9.17, 15) is 0 Å². The largest absolute Gasteiger partial charge is 0.759 e. The van der Waals surface area contributed by atoms with E-state index in [1.165, 1.54) is 25.7 Å². The molecule has 0 radical (unpaired) electrons. The molecule has 0 fully saturated rings. The number of rotatable bonds is 6. The van der Waals surface area contributed by atoms with Crippen LogP contribution in [0.5, 0.6) is 0 Å². The summed E-state index contributed by atoms with van der Waals surface area (Å²) < 4.78 is 42.6. The molecule has 0 aliphatic rings. The summed E-state index contributed by atoms with van der Waals surface area (Å²) in [5.74, 6) is 0. The van der Waals surface area contributed by atoms with Crippen molar-refractivity contribution in [1.82, 2.24) is 9.13 Å². The highest BCUT2D eigenvalue weighted by molar-refractivity contribution is 7.79. The molecule has 2 aromatic rings. The summed E-state index contributed by atoms with van der Waals surface area (Å²) >= 11 is 0. The zero-order chi connectivity index (χ0) is 19.3. The average molecular weight is 375 g/mol. The Morgan fingerprint density at radius 3 is 1.36 bits per heavy atom. The molecule has 8 nitrogen and oxygen atoms in total. The molecule has 2 heterocycles. The molecule has 0 amide bonds. The molecule has 0 aromatic carbocycles. The van der Waals surface area contributed by atoms with Crippen molar-refractivity contribution in [2.75, 3.05) is 0 Å². The van der Waals surface area contributed by atoms with E-state index in [-0.39, 0.29) is 0 Å². The van der Waals surface area contributed by atoms with E-state index in [0.29, 0.717) is 0 Å². The fraction of sp³-hybridized carbons (Fsp3) is 0.625. The van der Waals surface area contributed by atoms with E-state index >= 15 is 0 Å². The molecule has 0 unspecified atom stereocenters. The first-order valence-electron chi connectivity index (χ1n) is 8.34. The van der Waals surface area contributed by atoms with Crippen LogP contribution in [0, 0.1) is 0 Å². The number of nitrogens with zero attached hydrogens (tertiary/aromatic N) is 4. The van der Waals surface area contributed by atoms with E-state index < -0.39 is 10.4 Å². The quantitative estimate of drug-likeness (QED) is 0.426. The zero-order valence-electron chi connectivity index (χ0n) is 15.5. The van der Waals surface area contributed by atoms with Gasteiger partial charge in [-0.1, -0.05) is 26.7 Å². The Morgan fingerprint density at radius 2 is 1.16 bits per heavy atom. The second-order valence-corrected chi connectivity index (χ2v) is 6.57. The van der Waals surface area contributed by atoms with Gasteiger partial charge < -0.3 is 9.11 Å². The van der Waals surface area contributed by atoms with Crippen molar-refractivity contribution >= 4 is 10.4 Å². The summed E-state index contributed by atoms with van der Waals surface area (Å²) in [7, 11) is -1.08. The first-order chi connectivity index (χ1) is 11.7. The van der Waals surface area contributed by atoms with Crippen molar-refractivity contribution in [3.63, 3.8) is 0 Å². The summed E-state index contributed by atoms with van der Waals surface area (Å²) in [6.07, 6.45) is 17.6. The van der Waals surface area contributed by atoms with Gasteiger partial charge in [-0.2, -0.15) is 0 Å². The van der Waals surface area contributed by atoms with Gasteiger partial charge in [0.1, 0.15) is 24.8 Å². The maximum Gasteiger partial charge on any atom is 0.243 e. The lowest BCUT2D eigenvalue weighted by molar-refractivity contribution is -0.696. The number of aryl methyl sites for hydroxylation is 4. The molecule has 0 saturated carbocycles. The molecule has 2 aromatic heterocycles. The molecule has 9 heteroatoms. The molecule has 0 bridgehead atoms. The van der Waals surface area contributed by atoms with Gasteiger partial charge >= 0.3 is 0 Å². The Balaban J connectivity index is 0.000000368. The van der Waals surface area contributed by atoms with E-state index in [4.69, 9.17) is 17.5 Å². The lowest BCUT2D eigenvalue weighted by Gasteiger charge is -2.06. The predicted molar refractivity (Wildman–Crippen MR) is 91.5 cm³/mol. The fourth-order valence-corrected chi connectivity index (χ4v) is 1.95. The molecule has 0 saturated heterocycles. The minimum Gasteiger partial charge on any atom is -0.759 e. The molecule has 2 rings (SSSR count). The average Bonchev–Trinajstić information content (AvgIpc) is 3.10. The van der Waals surface area contributed by atoms with E-state index in [0.717, 1.165) is 13.1 Å². The molecule has 0 spiro atoms. The van der Waals surface area contributed by atoms with Crippen LogP contribution >= 0.6 is 0 Å². The normalized spacial score (nSPS) is 10.5. The van der Waals surface area contributed by atoms with Gasteiger partial charge in [-0.05, 0) is 12.8 Å². The number of hydrogen-bond acceptors (Lipinski definition) is 4. The van der Waals surface area contributed by atoms with Crippen LogP contribution < -0.4 is 9.13 Å². The molecule has 0 atom stereocenters. The van der Waals surface area contributed by atoms with Crippen molar-refractivity contribution < 1.29 is 26.7 Å². The Bertz CT molecular complexity index is 628. The highest BCUT2D eigenvalue weighted by Crippen LogP contribution is 1.86. The minimum atomic E-state index is -5.17. The molecular weight excluding hydrogens is 344 g/mol. The first kappa shape index (κ1) is 23.3. The van der Waals surface area contributed by atoms with Crippen molar-refractivity contribution in [3.05, 3.63) is 37.4 Å². The molecule has 144 valence electrons. The Hall–Kier alpha value is -1.71. The maximum absolute atomic E-state index is 8.52. The summed E-state index contributed by atoms with van der Waals surface area (Å²) in [6.45, 7) is 6.72. The maximum atomic E-state index is 8.52. The third-order valence-corrected chi connectivity index (χ3v) is 3.19. The van der Waals surface area contributed by atoms with Gasteiger partial charge in [0.15, 0.2) is 0 Å². The molecule has 0 aliphatic carbocycles. The third kappa shape index (κ3) is 15.6. The van der Waals surface area contributed by atoms with Gasteiger partial charge in [0.05, 0.1) is 27.2 Å². The number of imidazole rings is 2. The van der Waals surface area contributed by atoms with Crippen molar-refractivity contribution in [2.24, 2.45) is 14.1 Å². The van der Waals surface area contributed by atoms with Gasteiger partial charge in [0.2, 0.25) is 12.7 Å². The van der Waals surface area contributed by atoms with E-state index in [1.807, 2.05) is 14.1 Å². The van der Waals surface area contributed by atoms with Gasteiger partial charge in [0, 0.05) is 10.4 Å². The lowest BCUT2D eigenvalue weighted by Crippen LogP contribution is -2.30. The monoisotopic (exact) mass is 374 g/mol. The number of unbranched alkanes of at least 4 members (excludes halogenated alkanes) is 2. The third-order valence-electron chi connectivity index (χ3n) is 3.19. The van der Waals surface area contributed by atoms with Crippen LogP contribution in [-0.4, -0.2) is 26.7 Å². The Kier molecular flexibility index (Phi) is 11.8. The summed E-state index contributed by atoms with van der Waals surface area (Å²) in [5.41, 5.74) is 0. The van der Waals surface area contributed by atoms with Gasteiger partial charge in [-0.3, -0.25) is 8.42 Å². The summed E-state index contributed by atoms with van der Waals surface area (Å²) in [4.78, 5) is 0. The first-order valence-corrected chi connectivity index (χ1v) is 9.67. The van der Waals surface area contributed by atoms with E-state index in [2.05, 4.69) is 69.6 Å². The summed E-state index contributed by atoms with van der Waals surface area (Å²) in [6, 6.07) is 0. The molecular formula is C16H30N4O4S. The molecule has 0 aliphatic heterocycles. The molecule has 0 N–H and O–H groups in total. The lowest BCUT2D eigenvalue weighted by atomic mass is 10.3. The second-order valence-electron chi connectivity index (χ2n) is 5.75.